The fourth-order valence-electron chi connectivity index (χ4n) is 9.32. The Kier molecular flexibility index (Phi) is 11.9. The molecule has 5 heterocycles. The fourth-order valence-corrected chi connectivity index (χ4v) is 12.2. The van der Waals surface area contributed by atoms with Crippen molar-refractivity contribution in [3.8, 4) is 22.3 Å². The number of alkyl carbamates (subject to hydrolysis) is 2. The molecule has 0 aliphatic carbocycles. The van der Waals surface area contributed by atoms with Crippen molar-refractivity contribution in [2.24, 2.45) is 11.8 Å². The van der Waals surface area contributed by atoms with Crippen molar-refractivity contribution in [2.45, 2.75) is 82.8 Å². The van der Waals surface area contributed by atoms with Crippen LogP contribution in [-0.2, 0) is 23.8 Å². The van der Waals surface area contributed by atoms with Crippen LogP contribution in [0.1, 0.15) is 63.3 Å². The maximum absolute atomic E-state index is 14.3. The Hall–Kier alpha value is -5.74. The molecule has 322 valence electrons. The number of hydrogen-bond donors (Lipinski definition) is 4. The molecule has 0 unspecified atom stereocenters. The number of H-pyrrole nitrogens is 2. The van der Waals surface area contributed by atoms with Crippen LogP contribution in [-0.4, -0.2) is 114 Å². The van der Waals surface area contributed by atoms with Gasteiger partial charge in [-0.3, -0.25) is 9.59 Å². The lowest BCUT2D eigenvalue weighted by atomic mass is 9.90. The van der Waals surface area contributed by atoms with Crippen LogP contribution in [0.25, 0.3) is 44.3 Å². The highest BCUT2D eigenvalue weighted by atomic mass is 28.3. The number of ether oxygens (including phenoxy) is 3. The van der Waals surface area contributed by atoms with Crippen molar-refractivity contribution in [2.75, 3.05) is 40.1 Å². The van der Waals surface area contributed by atoms with Gasteiger partial charge in [-0.2, -0.15) is 0 Å². The first-order valence-corrected chi connectivity index (χ1v) is 24.7. The summed E-state index contributed by atoms with van der Waals surface area (Å²) in [6.07, 6.45) is 2.46. The van der Waals surface area contributed by atoms with Gasteiger partial charge in [0, 0.05) is 25.9 Å². The molecular formula is C45H56N8O7Si. The van der Waals surface area contributed by atoms with E-state index in [2.05, 4.69) is 82.2 Å². The number of methoxy groups -OCH3 is 2. The number of benzene rings is 3. The van der Waals surface area contributed by atoms with Crippen molar-refractivity contribution in [1.29, 1.82) is 0 Å². The Bertz CT molecular complexity index is 2420. The Morgan fingerprint density at radius 3 is 1.84 bits per heavy atom. The van der Waals surface area contributed by atoms with Crippen LogP contribution in [0.4, 0.5) is 9.59 Å². The summed E-state index contributed by atoms with van der Waals surface area (Å²) < 4.78 is 15.3. The molecule has 0 radical (unpaired) electrons. The van der Waals surface area contributed by atoms with E-state index in [-0.39, 0.29) is 35.7 Å². The zero-order valence-electron chi connectivity index (χ0n) is 35.7. The number of nitrogens with one attached hydrogen (secondary N) is 4. The van der Waals surface area contributed by atoms with Crippen LogP contribution in [0.15, 0.2) is 60.7 Å². The van der Waals surface area contributed by atoms with Gasteiger partial charge in [0.2, 0.25) is 11.8 Å². The van der Waals surface area contributed by atoms with E-state index in [1.165, 1.54) is 14.2 Å². The van der Waals surface area contributed by atoms with Gasteiger partial charge in [-0.1, -0.05) is 63.3 Å². The van der Waals surface area contributed by atoms with Gasteiger partial charge in [-0.05, 0) is 90.1 Å². The molecule has 8 rings (SSSR count). The predicted octanol–water partition coefficient (Wildman–Crippen LogP) is 7.10. The molecule has 0 spiro atoms. The van der Waals surface area contributed by atoms with E-state index in [1.807, 2.05) is 35.8 Å². The van der Waals surface area contributed by atoms with Gasteiger partial charge >= 0.3 is 12.2 Å². The number of aromatic nitrogens is 4. The van der Waals surface area contributed by atoms with Crippen LogP contribution < -0.4 is 10.6 Å². The average Bonchev–Trinajstić information content (AvgIpc) is 4.08. The summed E-state index contributed by atoms with van der Waals surface area (Å²) in [4.78, 5) is 73.2. The molecule has 3 saturated heterocycles. The summed E-state index contributed by atoms with van der Waals surface area (Å²) in [7, 11) is 0.812. The van der Waals surface area contributed by atoms with E-state index in [1.54, 1.807) is 0 Å². The number of amides is 4. The Morgan fingerprint density at radius 1 is 0.738 bits per heavy atom. The summed E-state index contributed by atoms with van der Waals surface area (Å²) >= 11 is 0. The van der Waals surface area contributed by atoms with Gasteiger partial charge in [0.05, 0.1) is 56.4 Å². The van der Waals surface area contributed by atoms with Crippen molar-refractivity contribution in [3.05, 3.63) is 72.3 Å². The molecule has 4 N–H and O–H groups in total. The standard InChI is InChI=1S/C45H56N8O7Si/c1-26(2)38(50-44(56)58-3)42(54)52-19-7-8-36(52)40-46-32-15-13-30(22-34(32)48-40)27-9-11-28(12-10-27)31-14-16-33-35(23-31)49-41(47-33)37-24-61(5,6)25-53(37)43(55)39(51-45(57)59-4)29-17-20-60-21-18-29/h9-16,22-23,26,29,36-39H,7-8,17-21,24-25H2,1-6H3,(H,46,48)(H,47,49)(H,50,56)(H,51,57)/t36-,37-,38-,39-/m0/s1. The first-order valence-electron chi connectivity index (χ1n) is 21.3. The summed E-state index contributed by atoms with van der Waals surface area (Å²) in [6.45, 7) is 10.1. The van der Waals surface area contributed by atoms with Crippen molar-refractivity contribution < 1.29 is 33.4 Å². The summed E-state index contributed by atoms with van der Waals surface area (Å²) in [5.74, 6) is 1.12. The van der Waals surface area contributed by atoms with Gasteiger partial charge in [-0.25, -0.2) is 19.6 Å². The Morgan fingerprint density at radius 2 is 1.28 bits per heavy atom. The summed E-state index contributed by atoms with van der Waals surface area (Å²) in [5, 5.41) is 5.57. The quantitative estimate of drug-likeness (QED) is 0.107. The SMILES string of the molecule is COC(=O)N[C@H](C(=O)N1CCC[C@H]1c1nc2ccc(-c3ccc(-c4ccc5nc([C@@H]6C[Si](C)(C)CN6C(=O)[C@@H](NC(=O)OC)C6CCOCC6)[nH]c5c4)cc3)cc2[nH]1)C(C)C. The van der Waals surface area contributed by atoms with Gasteiger partial charge in [0.15, 0.2) is 0 Å². The van der Waals surface area contributed by atoms with Crippen LogP contribution in [0.2, 0.25) is 19.1 Å². The van der Waals surface area contributed by atoms with E-state index >= 15 is 0 Å². The van der Waals surface area contributed by atoms with Crippen LogP contribution >= 0.6 is 0 Å². The number of carbonyl (C=O) groups excluding carboxylic acids is 4. The lowest BCUT2D eigenvalue weighted by Crippen LogP contribution is -2.53. The topological polar surface area (TPSA) is 184 Å². The van der Waals surface area contributed by atoms with Crippen LogP contribution in [0.5, 0.6) is 0 Å². The molecule has 15 nitrogen and oxygen atoms in total. The predicted molar refractivity (Wildman–Crippen MR) is 234 cm³/mol. The molecule has 2 aromatic heterocycles. The highest BCUT2D eigenvalue weighted by Gasteiger charge is 2.47. The Balaban J connectivity index is 0.991. The number of hydrogen-bond acceptors (Lipinski definition) is 9. The van der Waals surface area contributed by atoms with E-state index < -0.39 is 32.3 Å². The third-order valence-electron chi connectivity index (χ3n) is 12.6. The van der Waals surface area contributed by atoms with Crippen LogP contribution in [0.3, 0.4) is 0 Å². The maximum atomic E-state index is 14.3. The smallest absolute Gasteiger partial charge is 0.407 e. The van der Waals surface area contributed by atoms with Gasteiger partial charge in [0.1, 0.15) is 23.7 Å². The second kappa shape index (κ2) is 17.3. The molecule has 3 aliphatic rings. The third-order valence-corrected chi connectivity index (χ3v) is 15.3. The van der Waals surface area contributed by atoms with Gasteiger partial charge in [-0.15, -0.1) is 0 Å². The molecule has 0 bridgehead atoms. The third kappa shape index (κ3) is 8.73. The second-order valence-corrected chi connectivity index (χ2v) is 22.8. The van der Waals surface area contributed by atoms with Gasteiger partial charge < -0.3 is 44.6 Å². The molecule has 16 heteroatoms. The minimum absolute atomic E-state index is 0.0355. The Labute approximate surface area is 356 Å². The molecule has 61 heavy (non-hydrogen) atoms. The molecular weight excluding hydrogens is 793 g/mol. The maximum Gasteiger partial charge on any atom is 0.407 e. The monoisotopic (exact) mass is 848 g/mol. The molecule has 4 atom stereocenters. The number of fused-ring (bicyclic) bond motifs is 2. The molecule has 3 aliphatic heterocycles. The van der Waals surface area contributed by atoms with E-state index in [0.29, 0.717) is 38.8 Å². The fraction of sp³-hybridized carbons (Fsp3) is 0.467. The zero-order chi connectivity index (χ0) is 43.0. The molecule has 4 amide bonds. The molecule has 5 aromatic rings. The average molecular weight is 849 g/mol. The normalized spacial score (nSPS) is 20.2. The number of rotatable bonds is 10. The highest BCUT2D eigenvalue weighted by Crippen LogP contribution is 2.39. The van der Waals surface area contributed by atoms with Crippen molar-refractivity contribution in [1.82, 2.24) is 40.4 Å². The number of nitrogens with zero attached hydrogens (tertiary/aromatic N) is 4. The van der Waals surface area contributed by atoms with Crippen LogP contribution in [0, 0.1) is 11.8 Å². The lowest BCUT2D eigenvalue weighted by Gasteiger charge is -2.34. The van der Waals surface area contributed by atoms with Gasteiger partial charge in [0.25, 0.3) is 0 Å². The van der Waals surface area contributed by atoms with E-state index in [4.69, 9.17) is 24.2 Å². The molecule has 3 aromatic carbocycles. The second-order valence-electron chi connectivity index (χ2n) is 17.7. The number of likely N-dealkylation sites (tertiary alicyclic amines) is 1. The number of imidazole rings is 2. The largest absolute Gasteiger partial charge is 0.453 e. The van der Waals surface area contributed by atoms with Crippen molar-refractivity contribution in [3.63, 3.8) is 0 Å². The first kappa shape index (κ1) is 42.0. The lowest BCUT2D eigenvalue weighted by molar-refractivity contribution is -0.136. The van der Waals surface area contributed by atoms with E-state index in [9.17, 15) is 19.2 Å². The van der Waals surface area contributed by atoms with Crippen molar-refractivity contribution >= 4 is 54.1 Å². The molecule has 3 fully saturated rings. The minimum atomic E-state index is -1.80. The summed E-state index contributed by atoms with van der Waals surface area (Å²) in [5.41, 5.74) is 7.61. The molecule has 0 saturated carbocycles. The van der Waals surface area contributed by atoms with E-state index in [0.717, 1.165) is 74.9 Å². The minimum Gasteiger partial charge on any atom is -0.453 e. The summed E-state index contributed by atoms with van der Waals surface area (Å²) in [6, 6.07) is 19.8. The highest BCUT2D eigenvalue weighted by molar-refractivity contribution is 6.78. The number of carbonyl (C=O) groups is 4. The number of aromatic amines is 2. The zero-order valence-corrected chi connectivity index (χ0v) is 36.7. The first-order chi connectivity index (χ1) is 29.3.